The molecule has 290 valence electrons. The van der Waals surface area contributed by atoms with Crippen LogP contribution in [-0.4, -0.2) is 87.4 Å². The third-order valence-corrected chi connectivity index (χ3v) is 7.87. The number of nitrogens with two attached hydrogens (primary N) is 1. The number of hydrogen-bond acceptors (Lipinski definition) is 9. The number of rotatable bonds is 19. The van der Waals surface area contributed by atoms with Crippen LogP contribution in [0.1, 0.15) is 79.7 Å². The molecule has 0 aliphatic heterocycles. The largest absolute Gasteiger partial charge is 0.481 e. The summed E-state index contributed by atoms with van der Waals surface area (Å²) in [6, 6.07) is 0.610. The molecule has 1 aromatic carbocycles. The van der Waals surface area contributed by atoms with Crippen LogP contribution in [-0.2, 0) is 44.7 Å². The van der Waals surface area contributed by atoms with Crippen molar-refractivity contribution in [2.45, 2.75) is 116 Å². The van der Waals surface area contributed by atoms with Gasteiger partial charge in [0.15, 0.2) is 0 Å². The highest BCUT2D eigenvalue weighted by Crippen LogP contribution is 2.19. The monoisotopic (exact) mass is 741 g/mol. The number of carboxylic acid groups (broad SMARTS) is 1. The van der Waals surface area contributed by atoms with Crippen LogP contribution in [0.15, 0.2) is 35.6 Å². The maximum Gasteiger partial charge on any atom is 0.308 e. The van der Waals surface area contributed by atoms with Crippen molar-refractivity contribution < 1.29 is 43.4 Å². The Hall–Kier alpha value is -5.48. The number of carbonyl (C=O) groups excluding carboxylic acids is 6. The van der Waals surface area contributed by atoms with Crippen molar-refractivity contribution in [2.24, 2.45) is 22.7 Å². The van der Waals surface area contributed by atoms with Crippen molar-refractivity contribution in [1.82, 2.24) is 26.3 Å². The molecule has 0 spiro atoms. The first kappa shape index (κ1) is 43.7. The Bertz CT molecular complexity index is 1690. The Kier molecular flexibility index (Phi) is 16.4. The fourth-order valence-electron chi connectivity index (χ4n) is 5.33. The van der Waals surface area contributed by atoms with Gasteiger partial charge in [0.05, 0.1) is 18.5 Å². The van der Waals surface area contributed by atoms with Crippen molar-refractivity contribution in [3.8, 4) is 0 Å². The van der Waals surface area contributed by atoms with E-state index in [4.69, 9.17) is 16.0 Å². The van der Waals surface area contributed by atoms with E-state index in [1.165, 1.54) is 0 Å². The molecule has 1 heterocycles. The van der Waals surface area contributed by atoms with Crippen LogP contribution >= 0.6 is 0 Å². The fourth-order valence-corrected chi connectivity index (χ4v) is 5.33. The number of aliphatic carboxylic acids is 1. The highest BCUT2D eigenvalue weighted by atomic mass is 16.6. The summed E-state index contributed by atoms with van der Waals surface area (Å²) in [5.41, 5.74) is 15.6. The molecule has 5 atom stereocenters. The minimum absolute atomic E-state index is 0.0748. The van der Waals surface area contributed by atoms with Crippen molar-refractivity contribution in [1.29, 1.82) is 0 Å². The van der Waals surface area contributed by atoms with E-state index < -0.39 is 102 Å². The number of carbonyl (C=O) groups is 7. The topological polar surface area (TPSA) is 288 Å². The van der Waals surface area contributed by atoms with Gasteiger partial charge in [0, 0.05) is 28.4 Å². The van der Waals surface area contributed by atoms with Gasteiger partial charge < -0.3 is 41.8 Å². The van der Waals surface area contributed by atoms with Crippen molar-refractivity contribution in [3.05, 3.63) is 46.5 Å². The Morgan fingerprint density at radius 3 is 2.09 bits per heavy atom. The van der Waals surface area contributed by atoms with Gasteiger partial charge in [-0.05, 0) is 74.1 Å². The first-order chi connectivity index (χ1) is 24.7. The SMILES string of the molecule is CC(C)C[C@H](NC(=O)[C@H](NC(=O)[C@H](CCC(=O)O)NC(=O)[C@@H](CC(=O)OC(C)(C)C)NC(=O)[C@H](N)Cc1c[nH]c2ccccc12)C(C)C)C(=O)N=[N+]=[N-]. The summed E-state index contributed by atoms with van der Waals surface area (Å²) in [5, 5.41) is 23.2. The molecule has 2 rings (SSSR count). The summed E-state index contributed by atoms with van der Waals surface area (Å²) in [5.74, 6) is -7.25. The number of amides is 5. The van der Waals surface area contributed by atoms with Gasteiger partial charge in [-0.15, -0.1) is 0 Å². The maximum atomic E-state index is 13.7. The van der Waals surface area contributed by atoms with E-state index >= 15 is 0 Å². The number of nitrogens with one attached hydrogen (secondary N) is 5. The van der Waals surface area contributed by atoms with Gasteiger partial charge in [0.2, 0.25) is 29.5 Å². The average Bonchev–Trinajstić information content (AvgIpc) is 3.45. The van der Waals surface area contributed by atoms with Gasteiger partial charge in [-0.25, -0.2) is 0 Å². The number of H-pyrrole nitrogens is 1. The summed E-state index contributed by atoms with van der Waals surface area (Å²) in [7, 11) is 0. The highest BCUT2D eigenvalue weighted by molar-refractivity contribution is 5.97. The van der Waals surface area contributed by atoms with E-state index in [2.05, 4.69) is 36.3 Å². The highest BCUT2D eigenvalue weighted by Gasteiger charge is 2.35. The van der Waals surface area contributed by atoms with E-state index in [1.807, 2.05) is 24.3 Å². The molecule has 18 heteroatoms. The molecule has 0 aliphatic rings. The molecule has 0 saturated carbocycles. The molecular weight excluding hydrogens is 690 g/mol. The number of benzene rings is 1. The molecular formula is C35H51N9O9. The zero-order chi connectivity index (χ0) is 40.0. The number of azide groups is 1. The van der Waals surface area contributed by atoms with Gasteiger partial charge in [-0.1, -0.05) is 45.9 Å². The molecule has 8 N–H and O–H groups in total. The van der Waals surface area contributed by atoms with Crippen LogP contribution in [0.4, 0.5) is 0 Å². The van der Waals surface area contributed by atoms with E-state index in [0.29, 0.717) is 0 Å². The number of esters is 1. The third kappa shape index (κ3) is 14.6. The molecule has 0 saturated heterocycles. The Morgan fingerprint density at radius 2 is 1.51 bits per heavy atom. The molecule has 2 aromatic rings. The lowest BCUT2D eigenvalue weighted by molar-refractivity contribution is -0.156. The molecule has 1 aromatic heterocycles. The predicted molar refractivity (Wildman–Crippen MR) is 193 cm³/mol. The predicted octanol–water partition coefficient (Wildman–Crippen LogP) is 2.11. The molecule has 0 fully saturated rings. The molecule has 18 nitrogen and oxygen atoms in total. The Balaban J connectivity index is 2.33. The lowest BCUT2D eigenvalue weighted by Crippen LogP contribution is -2.59. The smallest absolute Gasteiger partial charge is 0.308 e. The third-order valence-electron chi connectivity index (χ3n) is 7.87. The molecule has 0 radical (unpaired) electrons. The van der Waals surface area contributed by atoms with E-state index in [9.17, 15) is 38.7 Å². The van der Waals surface area contributed by atoms with Crippen LogP contribution in [0, 0.1) is 11.8 Å². The summed E-state index contributed by atoms with van der Waals surface area (Å²) in [6.45, 7) is 11.6. The molecule has 53 heavy (non-hydrogen) atoms. The average molecular weight is 742 g/mol. The van der Waals surface area contributed by atoms with Gasteiger partial charge in [0.1, 0.15) is 23.7 Å². The molecule has 0 unspecified atom stereocenters. The van der Waals surface area contributed by atoms with Crippen LogP contribution in [0.25, 0.3) is 21.3 Å². The normalized spacial score (nSPS) is 14.2. The fraction of sp³-hybridized carbons (Fsp3) is 0.571. The van der Waals surface area contributed by atoms with Crippen molar-refractivity contribution in [3.63, 3.8) is 0 Å². The van der Waals surface area contributed by atoms with Gasteiger partial charge >= 0.3 is 11.9 Å². The number of para-hydroxylation sites is 1. The minimum atomic E-state index is -1.60. The van der Waals surface area contributed by atoms with E-state index in [-0.39, 0.29) is 18.8 Å². The number of hydrogen-bond donors (Lipinski definition) is 7. The van der Waals surface area contributed by atoms with Gasteiger partial charge in [-0.2, -0.15) is 0 Å². The first-order valence-corrected chi connectivity index (χ1v) is 17.3. The quantitative estimate of drug-likeness (QED) is 0.0476. The number of aromatic nitrogens is 1. The maximum absolute atomic E-state index is 13.7. The first-order valence-electron chi connectivity index (χ1n) is 17.3. The molecule has 5 amide bonds. The summed E-state index contributed by atoms with van der Waals surface area (Å²) >= 11 is 0. The van der Waals surface area contributed by atoms with E-state index in [0.717, 1.165) is 16.5 Å². The number of fused-ring (bicyclic) bond motifs is 1. The lowest BCUT2D eigenvalue weighted by Gasteiger charge is -2.28. The zero-order valence-electron chi connectivity index (χ0n) is 31.1. The summed E-state index contributed by atoms with van der Waals surface area (Å²) in [4.78, 5) is 96.4. The zero-order valence-corrected chi connectivity index (χ0v) is 31.1. The second kappa shape index (κ2) is 19.9. The minimum Gasteiger partial charge on any atom is -0.481 e. The van der Waals surface area contributed by atoms with Crippen LogP contribution in [0.2, 0.25) is 0 Å². The van der Waals surface area contributed by atoms with Crippen LogP contribution < -0.4 is 27.0 Å². The molecule has 0 bridgehead atoms. The van der Waals surface area contributed by atoms with Crippen LogP contribution in [0.3, 0.4) is 0 Å². The molecule has 0 aliphatic carbocycles. The van der Waals surface area contributed by atoms with Crippen molar-refractivity contribution >= 4 is 52.4 Å². The number of nitrogens with zero attached hydrogens (tertiary/aromatic N) is 3. The van der Waals surface area contributed by atoms with E-state index in [1.54, 1.807) is 54.7 Å². The second-order valence-corrected chi connectivity index (χ2v) is 14.5. The standard InChI is InChI=1S/C35H51N9O9/c1-18(2)14-25(33(51)43-44-37)41-34(52)29(19(3)4)42-31(49)24(12-13-27(45)46)39-32(50)26(16-28(47)53-35(5,6)7)40-30(48)22(36)15-20-17-38-23-11-9-8-10-21(20)23/h8-11,17-19,22,24-26,29,38H,12-16,36H2,1-7H3,(H,39,50)(H,40,48)(H,41,52)(H,42,49)(H,45,46)/t22-,24+,25+,26-,29-/m1/s1. The Morgan fingerprint density at radius 1 is 0.906 bits per heavy atom. The second-order valence-electron chi connectivity index (χ2n) is 14.5. The number of ether oxygens (including phenoxy) is 1. The number of aromatic amines is 1. The summed E-state index contributed by atoms with van der Waals surface area (Å²) < 4.78 is 5.36. The Labute approximate surface area is 307 Å². The van der Waals surface area contributed by atoms with Crippen molar-refractivity contribution in [2.75, 3.05) is 0 Å². The van der Waals surface area contributed by atoms with Gasteiger partial charge in [-0.3, -0.25) is 33.6 Å². The lowest BCUT2D eigenvalue weighted by atomic mass is 9.99. The van der Waals surface area contributed by atoms with Crippen LogP contribution in [0.5, 0.6) is 0 Å². The van der Waals surface area contributed by atoms with Gasteiger partial charge in [0.25, 0.3) is 0 Å². The number of carboxylic acids is 1. The summed E-state index contributed by atoms with van der Waals surface area (Å²) in [6.07, 6.45) is 0.253.